The van der Waals surface area contributed by atoms with Gasteiger partial charge in [0.25, 0.3) is 0 Å². The van der Waals surface area contributed by atoms with Crippen molar-refractivity contribution in [3.05, 3.63) is 0 Å². The summed E-state index contributed by atoms with van der Waals surface area (Å²) in [5.74, 6) is -3.19. The molecule has 0 aliphatic carbocycles. The topological polar surface area (TPSA) is 159 Å². The average molecular weight is 303 g/mol. The molecule has 2 amide bonds. The molecule has 0 heterocycles. The van der Waals surface area contributed by atoms with E-state index in [0.29, 0.717) is 13.0 Å². The number of amides is 2. The summed E-state index contributed by atoms with van der Waals surface area (Å²) < 4.78 is 0. The first kappa shape index (κ1) is 18.8. The first-order valence-corrected chi connectivity index (χ1v) is 6.49. The minimum atomic E-state index is -1.21. The van der Waals surface area contributed by atoms with Crippen LogP contribution in [0.25, 0.3) is 0 Å². The number of carbonyl (C=O) groups excluding carboxylic acids is 2. The molecule has 21 heavy (non-hydrogen) atoms. The van der Waals surface area contributed by atoms with E-state index in [2.05, 4.69) is 10.6 Å². The molecule has 0 unspecified atom stereocenters. The average Bonchev–Trinajstić information content (AvgIpc) is 2.38. The Bertz CT molecular complexity index is 398. The van der Waals surface area contributed by atoms with Crippen molar-refractivity contribution < 1.29 is 29.4 Å². The van der Waals surface area contributed by atoms with Crippen molar-refractivity contribution in [3.8, 4) is 0 Å². The van der Waals surface area contributed by atoms with Gasteiger partial charge in [0.05, 0.1) is 0 Å². The monoisotopic (exact) mass is 303 g/mol. The highest BCUT2D eigenvalue weighted by Gasteiger charge is 2.20. The Labute approximate surface area is 121 Å². The number of nitrogens with two attached hydrogens (primary N) is 1. The van der Waals surface area contributed by atoms with Gasteiger partial charge in [0.1, 0.15) is 12.1 Å². The molecule has 0 saturated heterocycles. The molecule has 2 atom stereocenters. The lowest BCUT2D eigenvalue weighted by Gasteiger charge is -2.15. The minimum absolute atomic E-state index is 0.0700. The van der Waals surface area contributed by atoms with Gasteiger partial charge in [0.2, 0.25) is 11.8 Å². The molecule has 9 heteroatoms. The Kier molecular flexibility index (Phi) is 8.70. The number of carboxylic acids is 2. The minimum Gasteiger partial charge on any atom is -0.480 e. The van der Waals surface area contributed by atoms with E-state index in [9.17, 15) is 19.2 Å². The summed E-state index contributed by atoms with van der Waals surface area (Å²) >= 11 is 0. The predicted octanol–water partition coefficient (Wildman–Crippen LogP) is -1.34. The lowest BCUT2D eigenvalue weighted by atomic mass is 10.1. The summed E-state index contributed by atoms with van der Waals surface area (Å²) in [5.41, 5.74) is 5.25. The molecule has 0 aromatic heterocycles. The van der Waals surface area contributed by atoms with Gasteiger partial charge in [0, 0.05) is 19.9 Å². The van der Waals surface area contributed by atoms with Crippen LogP contribution in [-0.4, -0.2) is 52.6 Å². The Morgan fingerprint density at radius 1 is 1.10 bits per heavy atom. The fourth-order valence-corrected chi connectivity index (χ4v) is 1.50. The fourth-order valence-electron chi connectivity index (χ4n) is 1.50. The second kappa shape index (κ2) is 9.70. The van der Waals surface area contributed by atoms with Gasteiger partial charge in [0.15, 0.2) is 0 Å². The molecule has 0 radical (unpaired) electrons. The van der Waals surface area contributed by atoms with Gasteiger partial charge < -0.3 is 26.6 Å². The summed E-state index contributed by atoms with van der Waals surface area (Å²) in [6.07, 6.45) is 0.320. The first-order valence-electron chi connectivity index (χ1n) is 6.49. The molecule has 120 valence electrons. The maximum Gasteiger partial charge on any atom is 0.326 e. The highest BCUT2D eigenvalue weighted by atomic mass is 16.4. The highest BCUT2D eigenvalue weighted by Crippen LogP contribution is 2.00. The zero-order chi connectivity index (χ0) is 16.4. The van der Waals surface area contributed by atoms with Gasteiger partial charge in [-0.3, -0.25) is 14.4 Å². The SMILES string of the molecule is CC(=O)NCCC[C@@H](NC(=O)CC[C@@H](N)C(=O)O)C(=O)O. The molecular weight excluding hydrogens is 282 g/mol. The van der Waals surface area contributed by atoms with Crippen LogP contribution < -0.4 is 16.4 Å². The molecule has 0 aromatic rings. The van der Waals surface area contributed by atoms with Crippen LogP contribution >= 0.6 is 0 Å². The molecule has 6 N–H and O–H groups in total. The van der Waals surface area contributed by atoms with E-state index in [1.54, 1.807) is 0 Å². The van der Waals surface area contributed by atoms with Gasteiger partial charge in [-0.15, -0.1) is 0 Å². The second-order valence-corrected chi connectivity index (χ2v) is 4.57. The van der Waals surface area contributed by atoms with Gasteiger partial charge in [-0.25, -0.2) is 4.79 Å². The molecule has 0 aliphatic rings. The van der Waals surface area contributed by atoms with Crippen molar-refractivity contribution in [2.24, 2.45) is 5.73 Å². The molecule has 0 rings (SSSR count). The number of nitrogens with one attached hydrogen (secondary N) is 2. The van der Waals surface area contributed by atoms with E-state index in [0.717, 1.165) is 0 Å². The van der Waals surface area contributed by atoms with Crippen molar-refractivity contribution in [2.75, 3.05) is 6.54 Å². The Balaban J connectivity index is 4.12. The summed E-state index contributed by atoms with van der Waals surface area (Å²) in [7, 11) is 0. The van der Waals surface area contributed by atoms with E-state index < -0.39 is 29.9 Å². The van der Waals surface area contributed by atoms with Crippen molar-refractivity contribution in [2.45, 2.75) is 44.7 Å². The molecule has 0 fully saturated rings. The van der Waals surface area contributed by atoms with Gasteiger partial charge in [-0.1, -0.05) is 0 Å². The van der Waals surface area contributed by atoms with Crippen molar-refractivity contribution in [3.63, 3.8) is 0 Å². The van der Waals surface area contributed by atoms with E-state index in [4.69, 9.17) is 15.9 Å². The number of hydrogen-bond acceptors (Lipinski definition) is 5. The third kappa shape index (κ3) is 9.38. The Hall–Kier alpha value is -2.16. The molecule has 0 bridgehead atoms. The molecule has 0 saturated carbocycles. The van der Waals surface area contributed by atoms with Crippen LogP contribution in [0.1, 0.15) is 32.6 Å². The molecule has 0 spiro atoms. The quantitative estimate of drug-likeness (QED) is 0.312. The first-order chi connectivity index (χ1) is 9.73. The lowest BCUT2D eigenvalue weighted by molar-refractivity contribution is -0.142. The number of carbonyl (C=O) groups is 4. The molecule has 0 aromatic carbocycles. The van der Waals surface area contributed by atoms with E-state index in [1.807, 2.05) is 0 Å². The zero-order valence-corrected chi connectivity index (χ0v) is 11.8. The fraction of sp³-hybridized carbons (Fsp3) is 0.667. The van der Waals surface area contributed by atoms with Crippen LogP contribution in [0.2, 0.25) is 0 Å². The molecule has 0 aliphatic heterocycles. The van der Waals surface area contributed by atoms with Crippen LogP contribution in [0.4, 0.5) is 0 Å². The normalized spacial score (nSPS) is 13.0. The predicted molar refractivity (Wildman–Crippen MR) is 72.3 cm³/mol. The van der Waals surface area contributed by atoms with Crippen LogP contribution in [0.5, 0.6) is 0 Å². The van der Waals surface area contributed by atoms with E-state index in [1.165, 1.54) is 6.92 Å². The molecular formula is C12H21N3O6. The van der Waals surface area contributed by atoms with Crippen molar-refractivity contribution in [1.29, 1.82) is 0 Å². The van der Waals surface area contributed by atoms with Gasteiger partial charge in [-0.05, 0) is 19.3 Å². The van der Waals surface area contributed by atoms with Gasteiger partial charge in [-0.2, -0.15) is 0 Å². The number of rotatable bonds is 10. The number of aliphatic carboxylic acids is 2. The Morgan fingerprint density at radius 3 is 2.19 bits per heavy atom. The van der Waals surface area contributed by atoms with Crippen molar-refractivity contribution >= 4 is 23.8 Å². The second-order valence-electron chi connectivity index (χ2n) is 4.57. The van der Waals surface area contributed by atoms with Crippen LogP contribution in [0.3, 0.4) is 0 Å². The summed E-state index contributed by atoms with van der Waals surface area (Å²) in [4.78, 5) is 43.7. The molecule has 9 nitrogen and oxygen atoms in total. The summed E-state index contributed by atoms with van der Waals surface area (Å²) in [6.45, 7) is 1.67. The standard InChI is InChI=1S/C12H21N3O6/c1-7(16)14-6-2-3-9(12(20)21)15-10(17)5-4-8(13)11(18)19/h8-9H,2-6,13H2,1H3,(H,14,16)(H,15,17)(H,18,19)(H,20,21)/t8-,9-/m1/s1. The maximum absolute atomic E-state index is 11.5. The third-order valence-electron chi connectivity index (χ3n) is 2.68. The van der Waals surface area contributed by atoms with Crippen LogP contribution in [-0.2, 0) is 19.2 Å². The zero-order valence-electron chi connectivity index (χ0n) is 11.8. The largest absolute Gasteiger partial charge is 0.480 e. The third-order valence-corrected chi connectivity index (χ3v) is 2.68. The Morgan fingerprint density at radius 2 is 1.71 bits per heavy atom. The van der Waals surface area contributed by atoms with Crippen LogP contribution in [0, 0.1) is 0 Å². The summed E-state index contributed by atoms with van der Waals surface area (Å²) in [6, 6.07) is -2.23. The lowest BCUT2D eigenvalue weighted by Crippen LogP contribution is -2.42. The van der Waals surface area contributed by atoms with Crippen LogP contribution in [0.15, 0.2) is 0 Å². The number of carboxylic acid groups (broad SMARTS) is 2. The van der Waals surface area contributed by atoms with E-state index in [-0.39, 0.29) is 25.2 Å². The summed E-state index contributed by atoms with van der Waals surface area (Å²) in [5, 5.41) is 22.4. The van der Waals surface area contributed by atoms with Crippen molar-refractivity contribution in [1.82, 2.24) is 10.6 Å². The van der Waals surface area contributed by atoms with E-state index >= 15 is 0 Å². The number of hydrogen-bond donors (Lipinski definition) is 5. The van der Waals surface area contributed by atoms with Gasteiger partial charge >= 0.3 is 11.9 Å². The maximum atomic E-state index is 11.5. The smallest absolute Gasteiger partial charge is 0.326 e. The highest BCUT2D eigenvalue weighted by molar-refractivity contribution is 5.84.